The van der Waals surface area contributed by atoms with Gasteiger partial charge in [-0.15, -0.1) is 19.4 Å². The minimum atomic E-state index is 1.08. The summed E-state index contributed by atoms with van der Waals surface area (Å²) in [4.78, 5) is 0. The van der Waals surface area contributed by atoms with Crippen LogP contribution in [0.15, 0.2) is 12.7 Å². The van der Waals surface area contributed by atoms with Crippen molar-refractivity contribution in [3.05, 3.63) is 12.7 Å². The lowest BCUT2D eigenvalue weighted by Gasteiger charge is -1.57. The maximum atomic E-state index is 4.00. The summed E-state index contributed by atoms with van der Waals surface area (Å²) >= 11 is 0. The van der Waals surface area contributed by atoms with Crippen LogP contribution in [0.25, 0.3) is 0 Å². The van der Waals surface area contributed by atoms with Gasteiger partial charge in [-0.3, -0.25) is 0 Å². The fourth-order valence-electron chi connectivity index (χ4n) is 0. The summed E-state index contributed by atoms with van der Waals surface area (Å²) in [6.07, 6.45) is 11.0. The highest BCUT2D eigenvalue weighted by molar-refractivity contribution is 4.60. The van der Waals surface area contributed by atoms with E-state index in [4.69, 9.17) is 0 Å². The highest BCUT2D eigenvalue weighted by atomic mass is 13.5. The van der Waals surface area contributed by atoms with E-state index < -0.39 is 0 Å². The molecule has 0 N–H and O–H groups in total. The van der Waals surface area contributed by atoms with Gasteiger partial charge >= 0.3 is 0 Å². The van der Waals surface area contributed by atoms with Crippen molar-refractivity contribution in [2.45, 2.75) is 54.9 Å². The predicted molar refractivity (Wildman–Crippen MR) is 64.4 cm³/mol. The van der Waals surface area contributed by atoms with Gasteiger partial charge in [0.25, 0.3) is 0 Å². The molecule has 0 unspecified atom stereocenters. The standard InChI is InChI=1S/C4H8.3C2H6.C2H2/c1-3-4-2;4*1-2/h3H,1,4H2,2H3;3*1-2H3;1-2H. The molecule has 0 saturated heterocycles. The van der Waals surface area contributed by atoms with Gasteiger partial charge in [-0.25, -0.2) is 0 Å². The zero-order valence-corrected chi connectivity index (χ0v) is 10.1. The number of hydrogen-bond donors (Lipinski definition) is 0. The second-order valence-electron chi connectivity index (χ2n) is 0.697. The first-order chi connectivity index (χ1) is 5.91. The Bertz CT molecular complexity index is 32.5. The molecule has 0 radical (unpaired) electrons. The first-order valence-electron chi connectivity index (χ1n) is 4.86. The number of allylic oxidation sites excluding steroid dienone is 1. The lowest BCUT2D eigenvalue weighted by atomic mass is 10.5. The fourth-order valence-corrected chi connectivity index (χ4v) is 0. The second-order valence-corrected chi connectivity index (χ2v) is 0.697. The predicted octanol–water partition coefficient (Wildman–Crippen LogP) is 4.91. The molecule has 0 heterocycles. The molecule has 76 valence electrons. The van der Waals surface area contributed by atoms with Gasteiger partial charge in [0.1, 0.15) is 0 Å². The van der Waals surface area contributed by atoms with Gasteiger partial charge in [0.2, 0.25) is 0 Å². The molecule has 0 amide bonds. The van der Waals surface area contributed by atoms with Crippen molar-refractivity contribution in [3.8, 4) is 12.8 Å². The van der Waals surface area contributed by atoms with Crippen molar-refractivity contribution in [1.29, 1.82) is 0 Å². The van der Waals surface area contributed by atoms with Crippen LogP contribution in [0.3, 0.4) is 0 Å². The van der Waals surface area contributed by atoms with Crippen LogP contribution in [0, 0.1) is 12.8 Å². The molecule has 0 rings (SSSR count). The maximum absolute atomic E-state index is 4.00. The number of terminal acetylenes is 1. The molecule has 0 saturated carbocycles. The van der Waals surface area contributed by atoms with Crippen LogP contribution in [-0.2, 0) is 0 Å². The Kier molecular flexibility index (Phi) is 1330. The highest BCUT2D eigenvalue weighted by Crippen LogP contribution is 1.66. The Morgan fingerprint density at radius 2 is 1.00 bits per heavy atom. The molecule has 12 heavy (non-hydrogen) atoms. The van der Waals surface area contributed by atoms with Crippen LogP contribution in [0.1, 0.15) is 54.9 Å². The Balaban J connectivity index is -0.0000000181. The second kappa shape index (κ2) is 527. The highest BCUT2D eigenvalue weighted by Gasteiger charge is 1.45. The molecule has 0 aliphatic carbocycles. The summed E-state index contributed by atoms with van der Waals surface area (Å²) in [5, 5.41) is 0. The van der Waals surface area contributed by atoms with Gasteiger partial charge < -0.3 is 0 Å². The van der Waals surface area contributed by atoms with Gasteiger partial charge in [0.15, 0.2) is 0 Å². The summed E-state index contributed by atoms with van der Waals surface area (Å²) in [6, 6.07) is 0. The quantitative estimate of drug-likeness (QED) is 0.389. The van der Waals surface area contributed by atoms with E-state index in [-0.39, 0.29) is 0 Å². The Labute approximate surface area is 81.1 Å². The third-order valence-electron chi connectivity index (χ3n) is 0.289. The first kappa shape index (κ1) is 30.2. The normalized spacial score (nSPS) is 3.75. The van der Waals surface area contributed by atoms with Crippen LogP contribution >= 0.6 is 0 Å². The molecule has 0 aromatic carbocycles. The van der Waals surface area contributed by atoms with Crippen LogP contribution < -0.4 is 0 Å². The van der Waals surface area contributed by atoms with Crippen molar-refractivity contribution in [3.63, 3.8) is 0 Å². The van der Waals surface area contributed by atoms with E-state index in [0.717, 1.165) is 6.42 Å². The monoisotopic (exact) mass is 172 g/mol. The van der Waals surface area contributed by atoms with Gasteiger partial charge in [0, 0.05) is 0 Å². The molecule has 0 aromatic heterocycles. The number of rotatable bonds is 1. The van der Waals surface area contributed by atoms with Crippen LogP contribution in [-0.4, -0.2) is 0 Å². The van der Waals surface area contributed by atoms with Gasteiger partial charge in [0.05, 0.1) is 0 Å². The Morgan fingerprint density at radius 3 is 1.00 bits per heavy atom. The van der Waals surface area contributed by atoms with Crippen molar-refractivity contribution in [2.75, 3.05) is 0 Å². The third-order valence-corrected chi connectivity index (χ3v) is 0.289. The molecule has 0 aliphatic heterocycles. The molecule has 0 aliphatic rings. The lowest BCUT2D eigenvalue weighted by Crippen LogP contribution is -1.36. The van der Waals surface area contributed by atoms with Crippen molar-refractivity contribution in [2.24, 2.45) is 0 Å². The molecule has 0 bridgehead atoms. The molecular formula is C12H28. The summed E-state index contributed by atoms with van der Waals surface area (Å²) in [5.41, 5.74) is 0. The van der Waals surface area contributed by atoms with Gasteiger partial charge in [-0.1, -0.05) is 54.5 Å². The van der Waals surface area contributed by atoms with Gasteiger partial charge in [-0.05, 0) is 6.42 Å². The average Bonchev–Trinajstić information content (AvgIpc) is 2.29. The molecule has 0 heteroatoms. The summed E-state index contributed by atoms with van der Waals surface area (Å²) in [7, 11) is 0. The van der Waals surface area contributed by atoms with E-state index in [1.54, 1.807) is 0 Å². The van der Waals surface area contributed by atoms with E-state index in [1.165, 1.54) is 0 Å². The molecule has 0 spiro atoms. The van der Waals surface area contributed by atoms with Crippen LogP contribution in [0.5, 0.6) is 0 Å². The minimum Gasteiger partial charge on any atom is -0.124 e. The fraction of sp³-hybridized carbons (Fsp3) is 0.667. The first-order valence-corrected chi connectivity index (χ1v) is 4.86. The maximum Gasteiger partial charge on any atom is -0.0382 e. The van der Waals surface area contributed by atoms with E-state index in [1.807, 2.05) is 47.6 Å². The minimum absolute atomic E-state index is 1.08. The molecule has 0 nitrogen and oxygen atoms in total. The molecule has 0 atom stereocenters. The summed E-state index contributed by atoms with van der Waals surface area (Å²) in [5.74, 6) is 0. The zero-order chi connectivity index (χ0) is 11.4. The van der Waals surface area contributed by atoms with Crippen LogP contribution in [0.4, 0.5) is 0 Å². The average molecular weight is 172 g/mol. The van der Waals surface area contributed by atoms with Crippen molar-refractivity contribution in [1.82, 2.24) is 0 Å². The SMILES string of the molecule is C#C.C=CCC.CC.CC.CC. The number of hydrogen-bond acceptors (Lipinski definition) is 0. The van der Waals surface area contributed by atoms with Crippen LogP contribution in [0.2, 0.25) is 0 Å². The molecule has 0 fully saturated rings. The van der Waals surface area contributed by atoms with E-state index in [0.29, 0.717) is 0 Å². The van der Waals surface area contributed by atoms with Crippen molar-refractivity contribution >= 4 is 0 Å². The van der Waals surface area contributed by atoms with E-state index in [2.05, 4.69) is 26.3 Å². The topological polar surface area (TPSA) is 0 Å². The Morgan fingerprint density at radius 1 is 0.917 bits per heavy atom. The largest absolute Gasteiger partial charge is 0.124 e. The van der Waals surface area contributed by atoms with Gasteiger partial charge in [-0.2, -0.15) is 0 Å². The van der Waals surface area contributed by atoms with E-state index in [9.17, 15) is 0 Å². The lowest BCUT2D eigenvalue weighted by molar-refractivity contribution is 1.23. The third kappa shape index (κ3) is 7120. The zero-order valence-electron chi connectivity index (χ0n) is 10.1. The smallest absolute Gasteiger partial charge is 0.0382 e. The molecule has 0 aromatic rings. The Hall–Kier alpha value is -0.700. The molecular weight excluding hydrogens is 144 g/mol. The van der Waals surface area contributed by atoms with Crippen molar-refractivity contribution < 1.29 is 0 Å². The summed E-state index contributed by atoms with van der Waals surface area (Å²) in [6.45, 7) is 17.5. The summed E-state index contributed by atoms with van der Waals surface area (Å²) < 4.78 is 0. The van der Waals surface area contributed by atoms with E-state index >= 15 is 0 Å².